The number of benzene rings is 1. The van der Waals surface area contributed by atoms with Crippen molar-refractivity contribution >= 4 is 5.97 Å². The van der Waals surface area contributed by atoms with E-state index in [1.165, 1.54) is 0 Å². The Kier molecular flexibility index (Phi) is 3.06. The number of nitrogens with zero attached hydrogens (tertiary/aromatic N) is 1. The number of rotatable bonds is 4. The fraction of sp³-hybridized carbons (Fsp3) is 0.231. The minimum atomic E-state index is -0.304. The Morgan fingerprint density at radius 2 is 2.21 bits per heavy atom. The van der Waals surface area contributed by atoms with Crippen molar-refractivity contribution in [1.29, 1.82) is 0 Å². The number of esters is 1. The lowest BCUT2D eigenvalue weighted by Gasteiger charge is -2.05. The number of nitrogens with one attached hydrogen (secondary N) is 1. The van der Waals surface area contributed by atoms with Gasteiger partial charge in [0.2, 0.25) is 6.79 Å². The first-order valence-electron chi connectivity index (χ1n) is 5.84. The number of hydrogen-bond acceptors (Lipinski definition) is 5. The largest absolute Gasteiger partial charge is 0.461 e. The normalized spacial score (nSPS) is 12.4. The smallest absolute Gasteiger partial charge is 0.312 e. The molecule has 1 aromatic carbocycles. The lowest BCUT2D eigenvalue weighted by molar-refractivity contribution is -0.144. The summed E-state index contributed by atoms with van der Waals surface area (Å²) >= 11 is 0. The summed E-state index contributed by atoms with van der Waals surface area (Å²) in [7, 11) is 0. The van der Waals surface area contributed by atoms with Crippen LogP contribution in [-0.2, 0) is 22.6 Å². The van der Waals surface area contributed by atoms with Gasteiger partial charge in [-0.3, -0.25) is 9.89 Å². The zero-order chi connectivity index (χ0) is 13.1. The van der Waals surface area contributed by atoms with Crippen LogP contribution in [0.25, 0.3) is 0 Å². The summed E-state index contributed by atoms with van der Waals surface area (Å²) in [5.74, 6) is 1.09. The molecule has 0 saturated heterocycles. The molecule has 19 heavy (non-hydrogen) atoms. The summed E-state index contributed by atoms with van der Waals surface area (Å²) in [6.45, 7) is 0.446. The fourth-order valence-electron chi connectivity index (χ4n) is 1.78. The average molecular weight is 260 g/mol. The molecule has 1 N–H and O–H groups in total. The van der Waals surface area contributed by atoms with Crippen molar-refractivity contribution in [2.24, 2.45) is 0 Å². The quantitative estimate of drug-likeness (QED) is 0.842. The Bertz CT molecular complexity index is 580. The molecule has 0 saturated carbocycles. The third-order valence-corrected chi connectivity index (χ3v) is 2.73. The molecule has 6 nitrogen and oxygen atoms in total. The standard InChI is InChI=1S/C13H12N2O4/c16-13(6-10-3-4-14-15-10)17-7-9-1-2-11-12(5-9)19-8-18-11/h1-5H,6-8H2,(H,14,15). The van der Waals surface area contributed by atoms with Crippen LogP contribution in [0, 0.1) is 0 Å². The molecular formula is C13H12N2O4. The van der Waals surface area contributed by atoms with E-state index in [0.717, 1.165) is 11.3 Å². The molecule has 0 spiro atoms. The number of aromatic nitrogens is 2. The maximum Gasteiger partial charge on any atom is 0.312 e. The van der Waals surface area contributed by atoms with Crippen LogP contribution in [0.2, 0.25) is 0 Å². The first kappa shape index (κ1) is 11.6. The highest BCUT2D eigenvalue weighted by molar-refractivity contribution is 5.71. The molecular weight excluding hydrogens is 248 g/mol. The maximum absolute atomic E-state index is 11.6. The van der Waals surface area contributed by atoms with E-state index >= 15 is 0 Å². The molecule has 1 aromatic heterocycles. The Morgan fingerprint density at radius 1 is 1.32 bits per heavy atom. The number of hydrogen-bond donors (Lipinski definition) is 1. The number of carbonyl (C=O) groups is 1. The van der Waals surface area contributed by atoms with Crippen molar-refractivity contribution < 1.29 is 19.0 Å². The predicted octanol–water partition coefficient (Wildman–Crippen LogP) is 1.42. The number of ether oxygens (including phenoxy) is 3. The molecule has 0 unspecified atom stereocenters. The van der Waals surface area contributed by atoms with E-state index in [1.807, 2.05) is 12.1 Å². The van der Waals surface area contributed by atoms with Gasteiger partial charge in [-0.15, -0.1) is 0 Å². The number of aromatic amines is 1. The molecule has 0 amide bonds. The summed E-state index contributed by atoms with van der Waals surface area (Å²) in [6, 6.07) is 7.20. The average Bonchev–Trinajstić information content (AvgIpc) is 3.06. The van der Waals surface area contributed by atoms with E-state index in [-0.39, 0.29) is 25.8 Å². The van der Waals surface area contributed by atoms with Crippen LogP contribution in [0.3, 0.4) is 0 Å². The second kappa shape index (κ2) is 5.01. The summed E-state index contributed by atoms with van der Waals surface area (Å²) in [6.07, 6.45) is 1.78. The summed E-state index contributed by atoms with van der Waals surface area (Å²) < 4.78 is 15.6. The van der Waals surface area contributed by atoms with E-state index in [1.54, 1.807) is 18.3 Å². The van der Waals surface area contributed by atoms with Gasteiger partial charge in [-0.2, -0.15) is 5.10 Å². The minimum Gasteiger partial charge on any atom is -0.461 e. The molecule has 0 fully saturated rings. The molecule has 6 heteroatoms. The molecule has 1 aliphatic rings. The molecule has 0 atom stereocenters. The third-order valence-electron chi connectivity index (χ3n) is 2.73. The molecule has 1 aliphatic heterocycles. The van der Waals surface area contributed by atoms with Crippen molar-refractivity contribution in [3.05, 3.63) is 41.7 Å². The molecule has 2 aromatic rings. The van der Waals surface area contributed by atoms with Gasteiger partial charge in [0.05, 0.1) is 6.42 Å². The van der Waals surface area contributed by atoms with Crippen molar-refractivity contribution in [1.82, 2.24) is 10.2 Å². The SMILES string of the molecule is O=C(Cc1ccn[nH]1)OCc1ccc2c(c1)OCO2. The van der Waals surface area contributed by atoms with Gasteiger partial charge in [-0.05, 0) is 23.8 Å². The lowest BCUT2D eigenvalue weighted by atomic mass is 10.2. The molecule has 98 valence electrons. The molecule has 0 bridgehead atoms. The monoisotopic (exact) mass is 260 g/mol. The van der Waals surface area contributed by atoms with Crippen molar-refractivity contribution in [2.45, 2.75) is 13.0 Å². The molecule has 3 rings (SSSR count). The van der Waals surface area contributed by atoms with Crippen LogP contribution in [-0.4, -0.2) is 23.0 Å². The van der Waals surface area contributed by atoms with Gasteiger partial charge < -0.3 is 14.2 Å². The third kappa shape index (κ3) is 2.67. The van der Waals surface area contributed by atoms with E-state index in [0.29, 0.717) is 11.5 Å². The maximum atomic E-state index is 11.6. The zero-order valence-corrected chi connectivity index (χ0v) is 10.1. The van der Waals surface area contributed by atoms with Gasteiger partial charge in [0.15, 0.2) is 11.5 Å². The van der Waals surface area contributed by atoms with Crippen LogP contribution in [0.15, 0.2) is 30.5 Å². The second-order valence-electron chi connectivity index (χ2n) is 4.11. The van der Waals surface area contributed by atoms with Crippen LogP contribution in [0.4, 0.5) is 0 Å². The van der Waals surface area contributed by atoms with Gasteiger partial charge >= 0.3 is 5.97 Å². The Hall–Kier alpha value is -2.50. The topological polar surface area (TPSA) is 73.4 Å². The van der Waals surface area contributed by atoms with E-state index in [9.17, 15) is 4.79 Å². The van der Waals surface area contributed by atoms with Crippen LogP contribution in [0.1, 0.15) is 11.3 Å². The van der Waals surface area contributed by atoms with Crippen molar-refractivity contribution in [3.63, 3.8) is 0 Å². The van der Waals surface area contributed by atoms with Gasteiger partial charge in [-0.25, -0.2) is 0 Å². The second-order valence-corrected chi connectivity index (χ2v) is 4.11. The van der Waals surface area contributed by atoms with E-state index in [4.69, 9.17) is 14.2 Å². The first-order valence-corrected chi connectivity index (χ1v) is 5.84. The van der Waals surface area contributed by atoms with Gasteiger partial charge in [0.25, 0.3) is 0 Å². The first-order chi connectivity index (χ1) is 9.31. The van der Waals surface area contributed by atoms with Gasteiger partial charge in [0, 0.05) is 11.9 Å². The number of fused-ring (bicyclic) bond motifs is 1. The summed E-state index contributed by atoms with van der Waals surface area (Å²) in [5.41, 5.74) is 1.60. The van der Waals surface area contributed by atoms with E-state index in [2.05, 4.69) is 10.2 Å². The highest BCUT2D eigenvalue weighted by Crippen LogP contribution is 2.32. The lowest BCUT2D eigenvalue weighted by Crippen LogP contribution is -2.08. The number of carbonyl (C=O) groups excluding carboxylic acids is 1. The molecule has 2 heterocycles. The van der Waals surface area contributed by atoms with Crippen molar-refractivity contribution in [3.8, 4) is 11.5 Å². The zero-order valence-electron chi connectivity index (χ0n) is 10.1. The van der Waals surface area contributed by atoms with E-state index < -0.39 is 0 Å². The Morgan fingerprint density at radius 3 is 3.05 bits per heavy atom. The van der Waals surface area contributed by atoms with Crippen molar-refractivity contribution in [2.75, 3.05) is 6.79 Å². The Balaban J connectivity index is 1.56. The highest BCUT2D eigenvalue weighted by Gasteiger charge is 2.14. The van der Waals surface area contributed by atoms with Gasteiger partial charge in [-0.1, -0.05) is 6.07 Å². The summed E-state index contributed by atoms with van der Waals surface area (Å²) in [4.78, 5) is 11.6. The Labute approximate surface area is 109 Å². The summed E-state index contributed by atoms with van der Waals surface area (Å²) in [5, 5.41) is 6.48. The fourth-order valence-corrected chi connectivity index (χ4v) is 1.78. The molecule has 0 radical (unpaired) electrons. The highest BCUT2D eigenvalue weighted by atomic mass is 16.7. The number of H-pyrrole nitrogens is 1. The van der Waals surface area contributed by atoms with Crippen LogP contribution >= 0.6 is 0 Å². The van der Waals surface area contributed by atoms with Crippen LogP contribution in [0.5, 0.6) is 11.5 Å². The van der Waals surface area contributed by atoms with Crippen LogP contribution < -0.4 is 9.47 Å². The van der Waals surface area contributed by atoms with Gasteiger partial charge in [0.1, 0.15) is 6.61 Å². The minimum absolute atomic E-state index is 0.185. The molecule has 0 aliphatic carbocycles. The predicted molar refractivity (Wildman–Crippen MR) is 64.7 cm³/mol.